The Labute approximate surface area is 113 Å². The number of fused-ring (bicyclic) bond motifs is 1. The molecule has 0 saturated carbocycles. The lowest BCUT2D eigenvalue weighted by molar-refractivity contribution is 0.474. The Bertz CT molecular complexity index is 582. The van der Waals surface area contributed by atoms with Gasteiger partial charge in [-0.3, -0.25) is 0 Å². The van der Waals surface area contributed by atoms with Crippen molar-refractivity contribution in [3.05, 3.63) is 59.7 Å². The Morgan fingerprint density at radius 3 is 2.84 bits per heavy atom. The minimum Gasteiger partial charge on any atom is -0.508 e. The van der Waals surface area contributed by atoms with Gasteiger partial charge in [0.2, 0.25) is 0 Å². The van der Waals surface area contributed by atoms with Crippen LogP contribution in [0.2, 0.25) is 0 Å². The molecule has 19 heavy (non-hydrogen) atoms. The van der Waals surface area contributed by atoms with E-state index in [4.69, 9.17) is 5.73 Å². The van der Waals surface area contributed by atoms with Crippen molar-refractivity contribution >= 4 is 5.69 Å². The Hall–Kier alpha value is -2.00. The summed E-state index contributed by atoms with van der Waals surface area (Å²) in [5, 5.41) is 9.54. The van der Waals surface area contributed by atoms with Gasteiger partial charge in [0.1, 0.15) is 5.75 Å². The standard InChI is InChI=1S/C16H18N2O/c17-15-8-9-18(16-7-2-1-6-14(15)16)11-12-4-3-5-13(19)10-12/h1-7,10,15,19H,8-9,11,17H2. The van der Waals surface area contributed by atoms with Crippen molar-refractivity contribution in [2.75, 3.05) is 11.4 Å². The van der Waals surface area contributed by atoms with Crippen molar-refractivity contribution in [3.8, 4) is 5.75 Å². The molecular formula is C16H18N2O. The van der Waals surface area contributed by atoms with Crippen molar-refractivity contribution in [2.24, 2.45) is 5.73 Å². The van der Waals surface area contributed by atoms with E-state index in [0.29, 0.717) is 5.75 Å². The number of aromatic hydroxyl groups is 1. The number of phenolic OH excluding ortho intramolecular Hbond substituents is 1. The van der Waals surface area contributed by atoms with Gasteiger partial charge in [0.15, 0.2) is 0 Å². The third-order valence-electron chi connectivity index (χ3n) is 3.67. The Balaban J connectivity index is 1.89. The third kappa shape index (κ3) is 2.42. The summed E-state index contributed by atoms with van der Waals surface area (Å²) in [4.78, 5) is 2.33. The van der Waals surface area contributed by atoms with E-state index < -0.39 is 0 Å². The fourth-order valence-corrected chi connectivity index (χ4v) is 2.70. The van der Waals surface area contributed by atoms with Gasteiger partial charge in [0.05, 0.1) is 0 Å². The molecular weight excluding hydrogens is 236 g/mol. The first kappa shape index (κ1) is 12.1. The lowest BCUT2D eigenvalue weighted by Gasteiger charge is -2.34. The highest BCUT2D eigenvalue weighted by Gasteiger charge is 2.21. The van der Waals surface area contributed by atoms with E-state index in [1.165, 1.54) is 11.3 Å². The largest absolute Gasteiger partial charge is 0.508 e. The van der Waals surface area contributed by atoms with Gasteiger partial charge in [-0.2, -0.15) is 0 Å². The monoisotopic (exact) mass is 254 g/mol. The molecule has 3 N–H and O–H groups in total. The summed E-state index contributed by atoms with van der Waals surface area (Å²) in [6, 6.07) is 15.9. The zero-order valence-electron chi connectivity index (χ0n) is 10.8. The minimum atomic E-state index is 0.136. The topological polar surface area (TPSA) is 49.5 Å². The molecule has 3 heteroatoms. The van der Waals surface area contributed by atoms with Crippen LogP contribution in [0, 0.1) is 0 Å². The first-order valence-electron chi connectivity index (χ1n) is 6.61. The molecule has 0 aliphatic carbocycles. The molecule has 0 bridgehead atoms. The zero-order chi connectivity index (χ0) is 13.2. The van der Waals surface area contributed by atoms with Crippen LogP contribution in [-0.4, -0.2) is 11.7 Å². The number of nitrogens with zero attached hydrogens (tertiary/aromatic N) is 1. The highest BCUT2D eigenvalue weighted by atomic mass is 16.3. The molecule has 0 radical (unpaired) electrons. The molecule has 1 aliphatic heterocycles. The Kier molecular flexibility index (Phi) is 3.13. The first-order valence-corrected chi connectivity index (χ1v) is 6.61. The molecule has 3 nitrogen and oxygen atoms in total. The van der Waals surface area contributed by atoms with E-state index >= 15 is 0 Å². The van der Waals surface area contributed by atoms with E-state index in [-0.39, 0.29) is 6.04 Å². The quantitative estimate of drug-likeness (QED) is 0.866. The normalized spacial score (nSPS) is 18.2. The van der Waals surface area contributed by atoms with Gasteiger partial charge < -0.3 is 15.7 Å². The van der Waals surface area contributed by atoms with E-state index in [1.54, 1.807) is 6.07 Å². The minimum absolute atomic E-state index is 0.136. The molecule has 0 fully saturated rings. The van der Waals surface area contributed by atoms with Crippen LogP contribution in [0.15, 0.2) is 48.5 Å². The van der Waals surface area contributed by atoms with Crippen molar-refractivity contribution in [1.82, 2.24) is 0 Å². The number of hydrogen-bond acceptors (Lipinski definition) is 3. The summed E-state index contributed by atoms with van der Waals surface area (Å²) in [7, 11) is 0. The third-order valence-corrected chi connectivity index (χ3v) is 3.67. The molecule has 0 aromatic heterocycles. The predicted octanol–water partition coefficient (Wildman–Crippen LogP) is 2.80. The van der Waals surface area contributed by atoms with Crippen LogP contribution in [0.3, 0.4) is 0 Å². The second-order valence-corrected chi connectivity index (χ2v) is 5.05. The van der Waals surface area contributed by atoms with Crippen molar-refractivity contribution in [3.63, 3.8) is 0 Å². The van der Waals surface area contributed by atoms with Gasteiger partial charge in [0.25, 0.3) is 0 Å². The number of rotatable bonds is 2. The summed E-state index contributed by atoms with van der Waals surface area (Å²) >= 11 is 0. The molecule has 3 rings (SSSR count). The van der Waals surface area contributed by atoms with Crippen LogP contribution >= 0.6 is 0 Å². The highest BCUT2D eigenvalue weighted by Crippen LogP contribution is 2.33. The second kappa shape index (κ2) is 4.94. The van der Waals surface area contributed by atoms with Crippen molar-refractivity contribution < 1.29 is 5.11 Å². The molecule has 2 aromatic carbocycles. The summed E-state index contributed by atoms with van der Waals surface area (Å²) in [5.74, 6) is 0.319. The Morgan fingerprint density at radius 1 is 1.16 bits per heavy atom. The van der Waals surface area contributed by atoms with E-state index in [0.717, 1.165) is 25.1 Å². The maximum Gasteiger partial charge on any atom is 0.115 e. The summed E-state index contributed by atoms with van der Waals surface area (Å²) < 4.78 is 0. The van der Waals surface area contributed by atoms with Gasteiger partial charge >= 0.3 is 0 Å². The van der Waals surface area contributed by atoms with Gasteiger partial charge in [0, 0.05) is 24.8 Å². The number of hydrogen-bond donors (Lipinski definition) is 2. The summed E-state index contributed by atoms with van der Waals surface area (Å²) in [6.45, 7) is 1.76. The number of para-hydroxylation sites is 1. The fraction of sp³-hybridized carbons (Fsp3) is 0.250. The van der Waals surface area contributed by atoms with E-state index in [9.17, 15) is 5.11 Å². The Morgan fingerprint density at radius 2 is 2.00 bits per heavy atom. The second-order valence-electron chi connectivity index (χ2n) is 5.05. The lowest BCUT2D eigenvalue weighted by Crippen LogP contribution is -2.33. The molecule has 1 heterocycles. The average molecular weight is 254 g/mol. The average Bonchev–Trinajstić information content (AvgIpc) is 2.42. The highest BCUT2D eigenvalue weighted by molar-refractivity contribution is 5.57. The van der Waals surface area contributed by atoms with Gasteiger partial charge in [-0.1, -0.05) is 30.3 Å². The SMILES string of the molecule is NC1CCN(Cc2cccc(O)c2)c2ccccc21. The molecule has 0 saturated heterocycles. The van der Waals surface area contributed by atoms with Crippen LogP contribution in [0.4, 0.5) is 5.69 Å². The van der Waals surface area contributed by atoms with Gasteiger partial charge in [-0.05, 0) is 35.7 Å². The fourth-order valence-electron chi connectivity index (χ4n) is 2.70. The maximum atomic E-state index is 9.54. The molecule has 1 aliphatic rings. The number of benzene rings is 2. The molecule has 98 valence electrons. The van der Waals surface area contributed by atoms with E-state index in [2.05, 4.69) is 17.0 Å². The number of anilines is 1. The van der Waals surface area contributed by atoms with Crippen LogP contribution in [0.5, 0.6) is 5.75 Å². The maximum absolute atomic E-state index is 9.54. The van der Waals surface area contributed by atoms with Crippen molar-refractivity contribution in [2.45, 2.75) is 19.0 Å². The molecule has 0 amide bonds. The van der Waals surface area contributed by atoms with Gasteiger partial charge in [-0.15, -0.1) is 0 Å². The lowest BCUT2D eigenvalue weighted by atomic mass is 9.97. The number of nitrogens with two attached hydrogens (primary N) is 1. The molecule has 0 spiro atoms. The van der Waals surface area contributed by atoms with E-state index in [1.807, 2.05) is 30.3 Å². The smallest absolute Gasteiger partial charge is 0.115 e. The van der Waals surface area contributed by atoms with Gasteiger partial charge in [-0.25, -0.2) is 0 Å². The first-order chi connectivity index (χ1) is 9.24. The summed E-state index contributed by atoms with van der Waals surface area (Å²) in [6.07, 6.45) is 0.968. The van der Waals surface area contributed by atoms with Crippen molar-refractivity contribution in [1.29, 1.82) is 0 Å². The van der Waals surface area contributed by atoms with Crippen LogP contribution < -0.4 is 10.6 Å². The summed E-state index contributed by atoms with van der Waals surface area (Å²) in [5.41, 5.74) is 9.70. The van der Waals surface area contributed by atoms with Crippen LogP contribution in [-0.2, 0) is 6.54 Å². The molecule has 1 unspecified atom stereocenters. The molecule has 2 aromatic rings. The van der Waals surface area contributed by atoms with Crippen LogP contribution in [0.25, 0.3) is 0 Å². The van der Waals surface area contributed by atoms with Crippen LogP contribution in [0.1, 0.15) is 23.6 Å². The predicted molar refractivity (Wildman–Crippen MR) is 77.1 cm³/mol. The zero-order valence-corrected chi connectivity index (χ0v) is 10.8. The molecule has 1 atom stereocenters. The number of phenols is 1.